The van der Waals surface area contributed by atoms with Gasteiger partial charge in [-0.3, -0.25) is 9.48 Å². The van der Waals surface area contributed by atoms with Crippen molar-refractivity contribution in [3.8, 4) is 0 Å². The van der Waals surface area contributed by atoms with Gasteiger partial charge >= 0.3 is 5.97 Å². The van der Waals surface area contributed by atoms with Crippen molar-refractivity contribution in [2.75, 3.05) is 11.9 Å². The lowest BCUT2D eigenvalue weighted by Gasteiger charge is -2.12. The number of esters is 1. The van der Waals surface area contributed by atoms with Crippen LogP contribution in [0.3, 0.4) is 0 Å². The van der Waals surface area contributed by atoms with Crippen LogP contribution in [0.25, 0.3) is 0 Å². The molecule has 3 aromatic rings. The van der Waals surface area contributed by atoms with Crippen LogP contribution in [0.4, 0.5) is 5.00 Å². The Bertz CT molecular complexity index is 1090. The van der Waals surface area contributed by atoms with Gasteiger partial charge in [0.1, 0.15) is 11.7 Å². The number of amides is 1. The number of hydrogen-bond acceptors (Lipinski definition) is 6. The number of hydrogen-bond donors (Lipinski definition) is 1. The molecule has 0 atom stereocenters. The molecule has 0 bridgehead atoms. The van der Waals surface area contributed by atoms with Crippen molar-refractivity contribution in [2.24, 2.45) is 0 Å². The maximum atomic E-state index is 12.8. The summed E-state index contributed by atoms with van der Waals surface area (Å²) in [7, 11) is 0. The molecule has 0 spiro atoms. The molecule has 1 aliphatic rings. The third-order valence-corrected chi connectivity index (χ3v) is 6.34. The summed E-state index contributed by atoms with van der Waals surface area (Å²) in [6.45, 7) is 6.42. The number of anilines is 1. The summed E-state index contributed by atoms with van der Waals surface area (Å²) in [5, 5.41) is 12.2. The van der Waals surface area contributed by atoms with Crippen molar-refractivity contribution in [1.29, 1.82) is 0 Å². The lowest BCUT2D eigenvalue weighted by molar-refractivity contribution is 0.0526. The molecule has 1 amide bonds. The molecular weight excluding hydrogens is 402 g/mol. The summed E-state index contributed by atoms with van der Waals surface area (Å²) in [4.78, 5) is 26.6. The SMILES string of the molecule is CCOC(=O)c1c(NC(=O)c2ccn(Cn3nc(C)cc3C)n2)sc2c1CCCC2. The van der Waals surface area contributed by atoms with Crippen LogP contribution >= 0.6 is 11.3 Å². The second-order valence-corrected chi connectivity index (χ2v) is 8.50. The number of rotatable bonds is 6. The van der Waals surface area contributed by atoms with E-state index in [4.69, 9.17) is 4.74 Å². The van der Waals surface area contributed by atoms with Crippen LogP contribution < -0.4 is 5.32 Å². The van der Waals surface area contributed by atoms with Gasteiger partial charge in [-0.25, -0.2) is 9.48 Å². The average Bonchev–Trinajstić information content (AvgIpc) is 3.39. The molecule has 4 rings (SSSR count). The molecule has 3 heterocycles. The van der Waals surface area contributed by atoms with Crippen LogP contribution in [0.1, 0.15) is 62.4 Å². The molecule has 158 valence electrons. The fraction of sp³-hybridized carbons (Fsp3) is 0.429. The first-order valence-electron chi connectivity index (χ1n) is 10.1. The van der Waals surface area contributed by atoms with E-state index in [1.54, 1.807) is 23.9 Å². The number of aromatic nitrogens is 4. The number of aryl methyl sites for hydroxylation is 3. The Balaban J connectivity index is 1.54. The van der Waals surface area contributed by atoms with Gasteiger partial charge in [-0.2, -0.15) is 10.2 Å². The second kappa shape index (κ2) is 8.43. The van der Waals surface area contributed by atoms with E-state index in [1.165, 1.54) is 11.3 Å². The number of ether oxygens (including phenoxy) is 1. The number of fused-ring (bicyclic) bond motifs is 1. The maximum absolute atomic E-state index is 12.8. The summed E-state index contributed by atoms with van der Waals surface area (Å²) in [6, 6.07) is 3.66. The third-order valence-electron chi connectivity index (χ3n) is 5.13. The minimum atomic E-state index is -0.373. The standard InChI is InChI=1S/C21H25N5O3S/c1-4-29-21(28)18-15-7-5-6-8-17(15)30-20(18)22-19(27)16-9-10-25(24-16)12-26-14(3)11-13(2)23-26/h9-11H,4-8,12H2,1-3H3,(H,22,27). The van der Waals surface area contributed by atoms with E-state index < -0.39 is 0 Å². The largest absolute Gasteiger partial charge is 0.462 e. The highest BCUT2D eigenvalue weighted by Gasteiger charge is 2.27. The van der Waals surface area contributed by atoms with Crippen molar-refractivity contribution in [1.82, 2.24) is 19.6 Å². The Kier molecular flexibility index (Phi) is 5.72. The van der Waals surface area contributed by atoms with Crippen LogP contribution in [0.15, 0.2) is 18.3 Å². The van der Waals surface area contributed by atoms with Gasteiger partial charge < -0.3 is 10.1 Å². The van der Waals surface area contributed by atoms with E-state index in [9.17, 15) is 9.59 Å². The Hall–Kier alpha value is -2.94. The fourth-order valence-corrected chi connectivity index (χ4v) is 5.03. The predicted molar refractivity (Wildman–Crippen MR) is 114 cm³/mol. The zero-order valence-electron chi connectivity index (χ0n) is 17.4. The van der Waals surface area contributed by atoms with E-state index in [-0.39, 0.29) is 17.6 Å². The molecule has 9 heteroatoms. The molecular formula is C21H25N5O3S. The van der Waals surface area contributed by atoms with Crippen molar-refractivity contribution in [3.05, 3.63) is 51.4 Å². The number of carbonyl (C=O) groups excluding carboxylic acids is 2. The van der Waals surface area contributed by atoms with E-state index >= 15 is 0 Å². The molecule has 3 aromatic heterocycles. The van der Waals surface area contributed by atoms with E-state index in [0.29, 0.717) is 23.8 Å². The smallest absolute Gasteiger partial charge is 0.341 e. The first kappa shape index (κ1) is 20.3. The minimum Gasteiger partial charge on any atom is -0.462 e. The number of nitrogens with zero attached hydrogens (tertiary/aromatic N) is 4. The van der Waals surface area contributed by atoms with Gasteiger partial charge in [0, 0.05) is 16.8 Å². The first-order valence-corrected chi connectivity index (χ1v) is 11.0. The second-order valence-electron chi connectivity index (χ2n) is 7.40. The highest BCUT2D eigenvalue weighted by molar-refractivity contribution is 7.17. The predicted octanol–water partition coefficient (Wildman–Crippen LogP) is 3.57. The highest BCUT2D eigenvalue weighted by Crippen LogP contribution is 2.38. The van der Waals surface area contributed by atoms with Crippen molar-refractivity contribution in [3.63, 3.8) is 0 Å². The van der Waals surface area contributed by atoms with Gasteiger partial charge in [-0.05, 0) is 64.2 Å². The molecule has 0 fully saturated rings. The quantitative estimate of drug-likeness (QED) is 0.607. The third kappa shape index (κ3) is 4.02. The number of nitrogens with one attached hydrogen (secondary N) is 1. The van der Waals surface area contributed by atoms with Crippen LogP contribution in [-0.4, -0.2) is 38.0 Å². The molecule has 1 N–H and O–H groups in total. The molecule has 8 nitrogen and oxygen atoms in total. The number of carbonyl (C=O) groups is 2. The Labute approximate surface area is 178 Å². The van der Waals surface area contributed by atoms with Crippen molar-refractivity contribution >= 4 is 28.2 Å². The molecule has 30 heavy (non-hydrogen) atoms. The number of thiophene rings is 1. The van der Waals surface area contributed by atoms with Crippen LogP contribution in [0, 0.1) is 13.8 Å². The minimum absolute atomic E-state index is 0.290. The van der Waals surface area contributed by atoms with E-state index in [2.05, 4.69) is 15.5 Å². The van der Waals surface area contributed by atoms with Crippen LogP contribution in [-0.2, 0) is 24.2 Å². The van der Waals surface area contributed by atoms with Crippen LogP contribution in [0.2, 0.25) is 0 Å². The molecule has 0 radical (unpaired) electrons. The van der Waals surface area contributed by atoms with Gasteiger partial charge in [-0.15, -0.1) is 11.3 Å². The monoisotopic (exact) mass is 427 g/mol. The Morgan fingerprint density at radius 1 is 1.23 bits per heavy atom. The summed E-state index contributed by atoms with van der Waals surface area (Å²) >= 11 is 1.47. The van der Waals surface area contributed by atoms with Gasteiger partial charge in [-0.1, -0.05) is 0 Å². The van der Waals surface area contributed by atoms with Crippen LogP contribution in [0.5, 0.6) is 0 Å². The van der Waals surface area contributed by atoms with E-state index in [0.717, 1.165) is 47.5 Å². The van der Waals surface area contributed by atoms with Gasteiger partial charge in [0.25, 0.3) is 5.91 Å². The molecule has 0 saturated heterocycles. The summed E-state index contributed by atoms with van der Waals surface area (Å²) in [6.07, 6.45) is 5.66. The Morgan fingerprint density at radius 3 is 2.77 bits per heavy atom. The first-order chi connectivity index (χ1) is 14.5. The summed E-state index contributed by atoms with van der Waals surface area (Å²) in [5.41, 5.74) is 3.78. The average molecular weight is 428 g/mol. The molecule has 0 unspecified atom stereocenters. The lowest BCUT2D eigenvalue weighted by atomic mass is 9.95. The normalized spacial score (nSPS) is 13.2. The highest BCUT2D eigenvalue weighted by atomic mass is 32.1. The summed E-state index contributed by atoms with van der Waals surface area (Å²) in [5.74, 6) is -0.714. The van der Waals surface area contributed by atoms with Gasteiger partial charge in [0.05, 0.1) is 17.9 Å². The maximum Gasteiger partial charge on any atom is 0.341 e. The lowest BCUT2D eigenvalue weighted by Crippen LogP contribution is -2.17. The van der Waals surface area contributed by atoms with Gasteiger partial charge in [0.2, 0.25) is 0 Å². The van der Waals surface area contributed by atoms with Crippen molar-refractivity contribution in [2.45, 2.75) is 53.1 Å². The zero-order valence-corrected chi connectivity index (χ0v) is 18.2. The molecule has 0 saturated carbocycles. The Morgan fingerprint density at radius 2 is 2.03 bits per heavy atom. The molecule has 0 aromatic carbocycles. The molecule has 0 aliphatic heterocycles. The topological polar surface area (TPSA) is 91.0 Å². The van der Waals surface area contributed by atoms with E-state index in [1.807, 2.05) is 24.6 Å². The summed E-state index contributed by atoms with van der Waals surface area (Å²) < 4.78 is 8.75. The van der Waals surface area contributed by atoms with Gasteiger partial charge in [0.15, 0.2) is 5.69 Å². The molecule has 1 aliphatic carbocycles. The van der Waals surface area contributed by atoms with Crippen molar-refractivity contribution < 1.29 is 14.3 Å². The fourth-order valence-electron chi connectivity index (χ4n) is 3.76. The zero-order chi connectivity index (χ0) is 21.3.